The second-order valence-corrected chi connectivity index (χ2v) is 2.25. The Hall–Kier alpha value is -1.08. The van der Waals surface area contributed by atoms with E-state index in [4.69, 9.17) is 0 Å². The zero-order valence-electron chi connectivity index (χ0n) is 7.75. The maximum atomic E-state index is 11.5. The molecule has 96 valence electrons. The first-order valence-corrected chi connectivity index (χ1v) is 3.79. The Balaban J connectivity index is 0. The molecule has 0 amide bonds. The molecule has 8 heteroatoms. The summed E-state index contributed by atoms with van der Waals surface area (Å²) < 4.78 is 88.6. The van der Waals surface area contributed by atoms with Crippen LogP contribution in [0.1, 0.15) is 0 Å². The molecule has 0 bridgehead atoms. The lowest BCUT2D eigenvalue weighted by Gasteiger charge is -1.88. The number of halogens is 8. The molecule has 0 aliphatic carbocycles. The molecule has 0 aromatic heterocycles. The lowest BCUT2D eigenvalue weighted by molar-refractivity contribution is 0.296. The van der Waals surface area contributed by atoms with Crippen LogP contribution in [0.15, 0.2) is 24.3 Å². The average molecular weight is 256 g/mol. The van der Waals surface area contributed by atoms with Crippen molar-refractivity contribution in [3.05, 3.63) is 24.3 Å². The van der Waals surface area contributed by atoms with Crippen LogP contribution in [0.3, 0.4) is 0 Å². The van der Waals surface area contributed by atoms with Crippen LogP contribution in [-0.2, 0) is 0 Å². The molecule has 0 nitrogen and oxygen atoms in total. The highest BCUT2D eigenvalue weighted by atomic mass is 19.3. The minimum atomic E-state index is -2.19. The van der Waals surface area contributed by atoms with E-state index in [1.165, 1.54) is 0 Å². The zero-order valence-corrected chi connectivity index (χ0v) is 7.75. The van der Waals surface area contributed by atoms with Crippen LogP contribution in [-0.4, -0.2) is 25.7 Å². The molecule has 0 aliphatic heterocycles. The van der Waals surface area contributed by atoms with Gasteiger partial charge < -0.3 is 0 Å². The van der Waals surface area contributed by atoms with Crippen molar-refractivity contribution < 1.29 is 35.1 Å². The van der Waals surface area contributed by atoms with Crippen molar-refractivity contribution in [3.8, 4) is 0 Å². The summed E-state index contributed by atoms with van der Waals surface area (Å²) in [4.78, 5) is 0. The van der Waals surface area contributed by atoms with Crippen molar-refractivity contribution in [2.24, 2.45) is 0 Å². The summed E-state index contributed by atoms with van der Waals surface area (Å²) >= 11 is 0. The molecule has 2 unspecified atom stereocenters. The van der Waals surface area contributed by atoms with E-state index in [1.807, 2.05) is 0 Å². The molecule has 0 rings (SSSR count). The van der Waals surface area contributed by atoms with E-state index in [0.717, 1.165) is 0 Å². The highest BCUT2D eigenvalue weighted by Gasteiger charge is 2.02. The standard InChI is InChI=1S/2C4H4F4/c2*5-2-3(6)1-4(7)8/h2*1,3H,2H2. The van der Waals surface area contributed by atoms with Gasteiger partial charge in [-0.15, -0.1) is 0 Å². The highest BCUT2D eigenvalue weighted by Crippen LogP contribution is 2.03. The molecular weight excluding hydrogens is 248 g/mol. The van der Waals surface area contributed by atoms with Gasteiger partial charge in [0.1, 0.15) is 13.3 Å². The largest absolute Gasteiger partial charge is 0.269 e. The van der Waals surface area contributed by atoms with Crippen molar-refractivity contribution in [3.63, 3.8) is 0 Å². The van der Waals surface area contributed by atoms with Gasteiger partial charge in [0.25, 0.3) is 12.2 Å². The first-order valence-electron chi connectivity index (χ1n) is 3.79. The van der Waals surface area contributed by atoms with Gasteiger partial charge in [-0.25, -0.2) is 17.6 Å². The SMILES string of the molecule is FCC(F)C=C(F)F.FCC(F)C=C(F)F. The monoisotopic (exact) mass is 256 g/mol. The van der Waals surface area contributed by atoms with Crippen molar-refractivity contribution in [1.29, 1.82) is 0 Å². The Bertz CT molecular complexity index is 192. The summed E-state index contributed by atoms with van der Waals surface area (Å²) in [5, 5.41) is 0. The fraction of sp³-hybridized carbons (Fsp3) is 0.500. The van der Waals surface area contributed by atoms with Crippen LogP contribution in [0.5, 0.6) is 0 Å². The minimum Gasteiger partial charge on any atom is -0.248 e. The first kappa shape index (κ1) is 17.3. The third-order valence-corrected chi connectivity index (χ3v) is 0.908. The van der Waals surface area contributed by atoms with Crippen molar-refractivity contribution in [2.45, 2.75) is 12.3 Å². The van der Waals surface area contributed by atoms with Gasteiger partial charge in [0, 0.05) is 12.2 Å². The van der Waals surface area contributed by atoms with E-state index in [9.17, 15) is 35.1 Å². The molecular formula is C8H8F8. The third kappa shape index (κ3) is 15.4. The Morgan fingerprint density at radius 3 is 1.06 bits per heavy atom. The number of hydrogen-bond donors (Lipinski definition) is 0. The molecule has 16 heavy (non-hydrogen) atoms. The van der Waals surface area contributed by atoms with Gasteiger partial charge in [-0.1, -0.05) is 0 Å². The molecule has 0 aliphatic rings. The predicted molar refractivity (Wildman–Crippen MR) is 42.3 cm³/mol. The molecule has 0 N–H and O–H groups in total. The normalized spacial score (nSPS) is 13.0. The summed E-state index contributed by atoms with van der Waals surface area (Å²) in [5.74, 6) is 0. The highest BCUT2D eigenvalue weighted by molar-refractivity contribution is 4.88. The van der Waals surface area contributed by atoms with Crippen LogP contribution in [0.4, 0.5) is 35.1 Å². The minimum absolute atomic E-state index is 0.0694. The Labute approximate surface area is 86.2 Å². The molecule has 0 aromatic rings. The van der Waals surface area contributed by atoms with Crippen molar-refractivity contribution in [2.75, 3.05) is 13.3 Å². The van der Waals surface area contributed by atoms with E-state index >= 15 is 0 Å². The van der Waals surface area contributed by atoms with E-state index < -0.39 is 37.9 Å². The Morgan fingerprint density at radius 2 is 1.00 bits per heavy atom. The third-order valence-electron chi connectivity index (χ3n) is 0.908. The van der Waals surface area contributed by atoms with Gasteiger partial charge in [0.2, 0.25) is 0 Å². The molecule has 0 fully saturated rings. The van der Waals surface area contributed by atoms with Crippen molar-refractivity contribution in [1.82, 2.24) is 0 Å². The number of allylic oxidation sites excluding steroid dienone is 2. The van der Waals surface area contributed by atoms with Crippen LogP contribution in [0, 0.1) is 0 Å². The van der Waals surface area contributed by atoms with Crippen molar-refractivity contribution >= 4 is 0 Å². The van der Waals surface area contributed by atoms with E-state index in [0.29, 0.717) is 0 Å². The molecule has 0 radical (unpaired) electrons. The molecule has 2 atom stereocenters. The summed E-state index contributed by atoms with van der Waals surface area (Å²) in [6.07, 6.45) is -8.81. The van der Waals surface area contributed by atoms with Gasteiger partial charge in [0.05, 0.1) is 0 Å². The Kier molecular flexibility index (Phi) is 11.3. The lowest BCUT2D eigenvalue weighted by atomic mass is 10.4. The van der Waals surface area contributed by atoms with Gasteiger partial charge in [-0.05, 0) is 0 Å². The van der Waals surface area contributed by atoms with Gasteiger partial charge in [0.15, 0.2) is 12.3 Å². The summed E-state index contributed by atoms with van der Waals surface area (Å²) in [7, 11) is 0. The summed E-state index contributed by atoms with van der Waals surface area (Å²) in [6, 6.07) is 0. The first-order chi connectivity index (χ1) is 7.33. The molecule has 0 saturated carbocycles. The predicted octanol–water partition coefficient (Wildman–Crippen LogP) is 4.15. The van der Waals surface area contributed by atoms with Gasteiger partial charge in [-0.2, -0.15) is 17.6 Å². The van der Waals surface area contributed by atoms with E-state index in [2.05, 4.69) is 0 Å². The second-order valence-electron chi connectivity index (χ2n) is 2.25. The maximum Gasteiger partial charge on any atom is 0.269 e. The zero-order chi connectivity index (χ0) is 13.1. The number of rotatable bonds is 4. The number of alkyl halides is 4. The lowest BCUT2D eigenvalue weighted by Crippen LogP contribution is -1.96. The summed E-state index contributed by atoms with van der Waals surface area (Å²) in [5.41, 5.74) is 0. The molecule has 0 saturated heterocycles. The quantitative estimate of drug-likeness (QED) is 0.663. The number of hydrogen-bond acceptors (Lipinski definition) is 0. The topological polar surface area (TPSA) is 0 Å². The van der Waals surface area contributed by atoms with Gasteiger partial charge >= 0.3 is 0 Å². The van der Waals surface area contributed by atoms with E-state index in [1.54, 1.807) is 0 Å². The summed E-state index contributed by atoms with van der Waals surface area (Å²) in [6.45, 7) is -2.78. The fourth-order valence-corrected chi connectivity index (χ4v) is 0.362. The van der Waals surface area contributed by atoms with E-state index in [-0.39, 0.29) is 12.2 Å². The smallest absolute Gasteiger partial charge is 0.248 e. The average Bonchev–Trinajstić information content (AvgIpc) is 2.16. The van der Waals surface area contributed by atoms with Crippen LogP contribution in [0.2, 0.25) is 0 Å². The molecule has 0 spiro atoms. The second kappa shape index (κ2) is 10.4. The maximum absolute atomic E-state index is 11.5. The fourth-order valence-electron chi connectivity index (χ4n) is 0.362. The molecule has 0 aromatic carbocycles. The van der Waals surface area contributed by atoms with Crippen LogP contribution < -0.4 is 0 Å². The van der Waals surface area contributed by atoms with Crippen LogP contribution in [0.25, 0.3) is 0 Å². The Morgan fingerprint density at radius 1 is 0.750 bits per heavy atom. The van der Waals surface area contributed by atoms with Gasteiger partial charge in [-0.3, -0.25) is 0 Å². The molecule has 0 heterocycles. The van der Waals surface area contributed by atoms with Crippen LogP contribution >= 0.6 is 0 Å².